The zero-order valence-electron chi connectivity index (χ0n) is 13.3. The van der Waals surface area contributed by atoms with Crippen molar-refractivity contribution in [2.45, 2.75) is 39.0 Å². The first-order valence-corrected chi connectivity index (χ1v) is 7.22. The van der Waals surface area contributed by atoms with Gasteiger partial charge in [-0.05, 0) is 6.42 Å². The summed E-state index contributed by atoms with van der Waals surface area (Å²) >= 11 is 0. The van der Waals surface area contributed by atoms with E-state index in [1.54, 1.807) is 0 Å². The molecule has 0 atom stereocenters. The number of hydrogen-bond donors (Lipinski definition) is 6. The second kappa shape index (κ2) is 12.2. The zero-order valence-corrected chi connectivity index (χ0v) is 13.3. The Morgan fingerprint density at radius 2 is 1.59 bits per heavy atom. The third-order valence-electron chi connectivity index (χ3n) is 2.55. The largest absolute Gasteiger partial charge is 0.370 e. The molecule has 0 fully saturated rings. The summed E-state index contributed by atoms with van der Waals surface area (Å²) in [5, 5.41) is 6.35. The van der Waals surface area contributed by atoms with Gasteiger partial charge >= 0.3 is 0 Å². The average Bonchev–Trinajstić information content (AvgIpc) is 2.48. The van der Waals surface area contributed by atoms with Crippen molar-refractivity contribution in [3.8, 4) is 0 Å². The highest BCUT2D eigenvalue weighted by Crippen LogP contribution is 2.01. The molecule has 0 amide bonds. The summed E-state index contributed by atoms with van der Waals surface area (Å²) in [4.78, 5) is 11.5. The number of aliphatic imine (C=N–C) groups is 3. The lowest BCUT2D eigenvalue weighted by Crippen LogP contribution is -2.43. The van der Waals surface area contributed by atoms with Gasteiger partial charge in [0.2, 0.25) is 17.9 Å². The van der Waals surface area contributed by atoms with Gasteiger partial charge in [0.05, 0.1) is 0 Å². The fourth-order valence-corrected chi connectivity index (χ4v) is 1.43. The number of unbranched alkanes of at least 4 members (excludes halogenated alkanes) is 4. The van der Waals surface area contributed by atoms with E-state index < -0.39 is 0 Å². The number of hydrogen-bond acceptors (Lipinski definition) is 3. The lowest BCUT2D eigenvalue weighted by atomic mass is 10.2. The molecule has 0 aromatic heterocycles. The van der Waals surface area contributed by atoms with E-state index in [4.69, 9.17) is 22.9 Å². The molecule has 0 aliphatic rings. The van der Waals surface area contributed by atoms with Crippen LogP contribution in [0.4, 0.5) is 0 Å². The highest BCUT2D eigenvalue weighted by molar-refractivity contribution is 5.98. The molecular weight excluding hydrogens is 284 g/mol. The molecule has 0 rings (SSSR count). The van der Waals surface area contributed by atoms with Crippen LogP contribution in [0, 0.1) is 0 Å². The summed E-state index contributed by atoms with van der Waals surface area (Å²) in [5.41, 5.74) is 24.5. The number of nitrogens with two attached hydrogens (primary N) is 4. The van der Waals surface area contributed by atoms with E-state index in [1.807, 2.05) is 0 Å². The molecule has 0 aromatic rings. The van der Waals surface area contributed by atoms with Crippen LogP contribution in [-0.2, 0) is 0 Å². The average molecular weight is 312 g/mol. The molecule has 0 radical (unpaired) electrons. The number of rotatable bonds is 7. The monoisotopic (exact) mass is 312 g/mol. The van der Waals surface area contributed by atoms with Crippen LogP contribution >= 0.6 is 0 Å². The van der Waals surface area contributed by atoms with E-state index in [9.17, 15) is 0 Å². The summed E-state index contributed by atoms with van der Waals surface area (Å²) in [7, 11) is 1.49. The van der Waals surface area contributed by atoms with Gasteiger partial charge in [0, 0.05) is 13.6 Å². The highest BCUT2D eigenvalue weighted by atomic mass is 15.4. The minimum Gasteiger partial charge on any atom is -0.370 e. The molecule has 10 heteroatoms. The molecule has 22 heavy (non-hydrogen) atoms. The summed E-state index contributed by atoms with van der Waals surface area (Å²) < 4.78 is 0. The van der Waals surface area contributed by atoms with E-state index in [2.05, 4.69) is 37.7 Å². The minimum absolute atomic E-state index is 0.0115. The molecule has 0 heterocycles. The Bertz CT molecular complexity index is 424. The van der Waals surface area contributed by atoms with Crippen LogP contribution in [0.5, 0.6) is 0 Å². The maximum atomic E-state index is 5.67. The first-order valence-electron chi connectivity index (χ1n) is 7.22. The van der Waals surface area contributed by atoms with Gasteiger partial charge in [-0.15, -0.1) is 5.10 Å². The Labute approximate surface area is 131 Å². The lowest BCUT2D eigenvalue weighted by Gasteiger charge is -2.05. The smallest absolute Gasteiger partial charge is 0.218 e. The van der Waals surface area contributed by atoms with Gasteiger partial charge in [0.25, 0.3) is 0 Å². The van der Waals surface area contributed by atoms with Gasteiger partial charge in [0.15, 0.2) is 5.96 Å². The molecule has 0 spiro atoms. The Hall–Kier alpha value is -2.52. The molecule has 0 saturated carbocycles. The van der Waals surface area contributed by atoms with Gasteiger partial charge in [-0.1, -0.05) is 32.6 Å². The Morgan fingerprint density at radius 1 is 0.909 bits per heavy atom. The fraction of sp³-hybridized carbons (Fsp3) is 0.667. The van der Waals surface area contributed by atoms with E-state index in [0.29, 0.717) is 6.54 Å². The van der Waals surface area contributed by atoms with Gasteiger partial charge in [0.1, 0.15) is 0 Å². The first kappa shape index (κ1) is 19.5. The Balaban J connectivity index is 4.09. The van der Waals surface area contributed by atoms with Gasteiger partial charge < -0.3 is 22.9 Å². The number of hydrazone groups is 1. The number of nitrogens with zero attached hydrogens (tertiary/aromatic N) is 4. The van der Waals surface area contributed by atoms with Crippen molar-refractivity contribution >= 4 is 23.8 Å². The Kier molecular flexibility index (Phi) is 10.8. The summed E-state index contributed by atoms with van der Waals surface area (Å²) in [6.07, 6.45) is 5.82. The quantitative estimate of drug-likeness (QED) is 0.151. The molecule has 0 aromatic carbocycles. The van der Waals surface area contributed by atoms with E-state index in [0.717, 1.165) is 12.8 Å². The van der Waals surface area contributed by atoms with Crippen LogP contribution in [0.2, 0.25) is 0 Å². The van der Waals surface area contributed by atoms with Crippen LogP contribution in [0.3, 0.4) is 0 Å². The van der Waals surface area contributed by atoms with Gasteiger partial charge in [-0.25, -0.2) is 5.43 Å². The third kappa shape index (κ3) is 11.3. The first-order chi connectivity index (χ1) is 10.5. The predicted octanol–water partition coefficient (Wildman–Crippen LogP) is -1.06. The van der Waals surface area contributed by atoms with Crippen molar-refractivity contribution in [1.29, 1.82) is 0 Å². The minimum atomic E-state index is -0.0423. The zero-order chi connectivity index (χ0) is 16.8. The van der Waals surface area contributed by atoms with E-state index in [1.165, 1.54) is 26.3 Å². The van der Waals surface area contributed by atoms with Crippen molar-refractivity contribution in [3.63, 3.8) is 0 Å². The molecular formula is C12H28N10. The van der Waals surface area contributed by atoms with Crippen LogP contribution in [-0.4, -0.2) is 37.4 Å². The maximum absolute atomic E-state index is 5.67. The molecule has 0 aliphatic carbocycles. The second-order valence-electron chi connectivity index (χ2n) is 4.49. The topological polar surface area (TPSA) is 178 Å². The second-order valence-corrected chi connectivity index (χ2v) is 4.49. The Morgan fingerprint density at radius 3 is 2.23 bits per heavy atom. The van der Waals surface area contributed by atoms with Crippen molar-refractivity contribution in [2.24, 2.45) is 43.0 Å². The van der Waals surface area contributed by atoms with Crippen LogP contribution in [0.25, 0.3) is 0 Å². The normalized spacial score (nSPS) is 14.1. The lowest BCUT2D eigenvalue weighted by molar-refractivity contribution is 0.638. The number of nitrogens with one attached hydrogen (secondary N) is 2. The third-order valence-corrected chi connectivity index (χ3v) is 2.55. The van der Waals surface area contributed by atoms with E-state index in [-0.39, 0.29) is 23.8 Å². The molecule has 0 bridgehead atoms. The standard InChI is InChI=1S/C12H28N10/c1-3-4-5-6-7-8-18-10(14)20-12(16)22-21-11(15)19-9(13)17-2/h3-8H2,1-2H3,(H5,13,15,17,19,21)(H5,14,16,18,20,22). The summed E-state index contributed by atoms with van der Waals surface area (Å²) in [5.74, 6) is 0.191. The van der Waals surface area contributed by atoms with Crippen LogP contribution in [0.1, 0.15) is 39.0 Å². The summed E-state index contributed by atoms with van der Waals surface area (Å²) in [6.45, 7) is 2.83. The molecule has 0 saturated heterocycles. The van der Waals surface area contributed by atoms with Crippen LogP contribution < -0.4 is 33.7 Å². The molecule has 10 nitrogen and oxygen atoms in total. The van der Waals surface area contributed by atoms with Crippen molar-refractivity contribution in [1.82, 2.24) is 10.7 Å². The highest BCUT2D eigenvalue weighted by Gasteiger charge is 1.97. The molecule has 0 aliphatic heterocycles. The van der Waals surface area contributed by atoms with Gasteiger partial charge in [-0.3, -0.25) is 15.3 Å². The maximum Gasteiger partial charge on any atom is 0.218 e. The predicted molar refractivity (Wildman–Crippen MR) is 92.3 cm³/mol. The van der Waals surface area contributed by atoms with Crippen molar-refractivity contribution in [2.75, 3.05) is 13.6 Å². The van der Waals surface area contributed by atoms with Crippen molar-refractivity contribution in [3.05, 3.63) is 0 Å². The molecule has 0 unspecified atom stereocenters. The van der Waals surface area contributed by atoms with Crippen LogP contribution in [0.15, 0.2) is 20.1 Å². The number of guanidine groups is 4. The summed E-state index contributed by atoms with van der Waals surface area (Å²) in [6, 6.07) is 0. The van der Waals surface area contributed by atoms with Crippen molar-refractivity contribution < 1.29 is 0 Å². The molecule has 126 valence electrons. The van der Waals surface area contributed by atoms with Gasteiger partial charge in [-0.2, -0.15) is 4.99 Å². The fourth-order valence-electron chi connectivity index (χ4n) is 1.43. The van der Waals surface area contributed by atoms with E-state index >= 15 is 0 Å². The molecule has 10 N–H and O–H groups in total. The SMILES string of the molecule is CCCCCCCN=C(N)NC(N)=NNC(N)=NC(N)=NC.